The molecule has 0 unspecified atom stereocenters. The summed E-state index contributed by atoms with van der Waals surface area (Å²) in [5, 5.41) is 2.78. The van der Waals surface area contributed by atoms with Gasteiger partial charge < -0.3 is 11.1 Å². The van der Waals surface area contributed by atoms with E-state index < -0.39 is 0 Å². The average molecular weight is 212 g/mol. The maximum absolute atomic E-state index is 11.8. The van der Waals surface area contributed by atoms with E-state index in [0.29, 0.717) is 11.3 Å². The van der Waals surface area contributed by atoms with E-state index in [4.69, 9.17) is 5.73 Å². The molecule has 2 aromatic carbocycles. The summed E-state index contributed by atoms with van der Waals surface area (Å²) in [7, 11) is 0. The molecule has 0 heterocycles. The number of rotatable bonds is 2. The van der Waals surface area contributed by atoms with Crippen LogP contribution in [0.2, 0.25) is 0 Å². The van der Waals surface area contributed by atoms with E-state index in [9.17, 15) is 4.79 Å². The van der Waals surface area contributed by atoms with Gasteiger partial charge in [-0.3, -0.25) is 4.79 Å². The number of nitrogens with one attached hydrogen (secondary N) is 1. The second-order valence-corrected chi connectivity index (χ2v) is 3.41. The Labute approximate surface area is 93.9 Å². The van der Waals surface area contributed by atoms with Crippen LogP contribution in [0.3, 0.4) is 0 Å². The SMILES string of the molecule is Nc1ccccc1C(=O)Nc1ccccc1. The molecule has 0 saturated carbocycles. The fourth-order valence-electron chi connectivity index (χ4n) is 1.42. The van der Waals surface area contributed by atoms with Gasteiger partial charge in [-0.1, -0.05) is 30.3 Å². The van der Waals surface area contributed by atoms with Crippen molar-refractivity contribution in [2.45, 2.75) is 0 Å². The minimum absolute atomic E-state index is 0.190. The molecule has 0 bridgehead atoms. The summed E-state index contributed by atoms with van der Waals surface area (Å²) in [6, 6.07) is 16.3. The molecule has 0 aliphatic rings. The van der Waals surface area contributed by atoms with Crippen LogP contribution in [0.15, 0.2) is 54.6 Å². The molecule has 0 spiro atoms. The van der Waals surface area contributed by atoms with Crippen LogP contribution >= 0.6 is 0 Å². The van der Waals surface area contributed by atoms with Crippen LogP contribution in [0.1, 0.15) is 10.4 Å². The number of para-hydroxylation sites is 2. The van der Waals surface area contributed by atoms with Gasteiger partial charge in [0.15, 0.2) is 0 Å². The third-order valence-electron chi connectivity index (χ3n) is 2.24. The van der Waals surface area contributed by atoms with Crippen molar-refractivity contribution in [3.05, 3.63) is 60.2 Å². The highest BCUT2D eigenvalue weighted by atomic mass is 16.1. The molecule has 0 aliphatic carbocycles. The van der Waals surface area contributed by atoms with Gasteiger partial charge in [0.25, 0.3) is 5.91 Å². The zero-order chi connectivity index (χ0) is 11.4. The third-order valence-corrected chi connectivity index (χ3v) is 2.24. The van der Waals surface area contributed by atoms with Gasteiger partial charge in [-0.15, -0.1) is 0 Å². The molecule has 0 saturated heterocycles. The van der Waals surface area contributed by atoms with Crippen molar-refractivity contribution in [2.24, 2.45) is 0 Å². The maximum atomic E-state index is 11.8. The lowest BCUT2D eigenvalue weighted by molar-refractivity contribution is 0.102. The van der Waals surface area contributed by atoms with Gasteiger partial charge in [-0.05, 0) is 24.3 Å². The van der Waals surface area contributed by atoms with Crippen molar-refractivity contribution >= 4 is 17.3 Å². The molecular formula is C13H12N2O. The molecule has 1 amide bonds. The molecule has 3 nitrogen and oxygen atoms in total. The quantitative estimate of drug-likeness (QED) is 0.751. The third kappa shape index (κ3) is 2.20. The Morgan fingerprint density at radius 3 is 2.25 bits per heavy atom. The highest BCUT2D eigenvalue weighted by molar-refractivity contribution is 6.07. The number of nitrogens with two attached hydrogens (primary N) is 1. The maximum Gasteiger partial charge on any atom is 0.257 e. The van der Waals surface area contributed by atoms with Crippen molar-refractivity contribution in [1.82, 2.24) is 0 Å². The number of carbonyl (C=O) groups excluding carboxylic acids is 1. The van der Waals surface area contributed by atoms with Crippen LogP contribution in [-0.2, 0) is 0 Å². The Morgan fingerprint density at radius 2 is 1.56 bits per heavy atom. The molecule has 0 radical (unpaired) electrons. The van der Waals surface area contributed by atoms with Crippen LogP contribution < -0.4 is 11.1 Å². The van der Waals surface area contributed by atoms with Crippen molar-refractivity contribution in [3.8, 4) is 0 Å². The zero-order valence-electron chi connectivity index (χ0n) is 8.68. The molecule has 0 atom stereocenters. The van der Waals surface area contributed by atoms with E-state index in [-0.39, 0.29) is 5.91 Å². The summed E-state index contributed by atoms with van der Waals surface area (Å²) in [6.45, 7) is 0. The highest BCUT2D eigenvalue weighted by Crippen LogP contribution is 2.13. The topological polar surface area (TPSA) is 55.1 Å². The van der Waals surface area contributed by atoms with Gasteiger partial charge in [0.2, 0.25) is 0 Å². The standard InChI is InChI=1S/C13H12N2O/c14-12-9-5-4-8-11(12)13(16)15-10-6-2-1-3-7-10/h1-9H,14H2,(H,15,16). The van der Waals surface area contributed by atoms with Crippen LogP contribution in [0.5, 0.6) is 0 Å². The predicted molar refractivity (Wildman–Crippen MR) is 65.2 cm³/mol. The molecule has 80 valence electrons. The number of hydrogen-bond donors (Lipinski definition) is 2. The average Bonchev–Trinajstić information content (AvgIpc) is 2.31. The van der Waals surface area contributed by atoms with E-state index >= 15 is 0 Å². The van der Waals surface area contributed by atoms with Gasteiger partial charge in [0.05, 0.1) is 5.56 Å². The van der Waals surface area contributed by atoms with Gasteiger partial charge in [0, 0.05) is 11.4 Å². The lowest BCUT2D eigenvalue weighted by atomic mass is 10.1. The largest absolute Gasteiger partial charge is 0.398 e. The van der Waals surface area contributed by atoms with Crippen molar-refractivity contribution in [2.75, 3.05) is 11.1 Å². The normalized spacial score (nSPS) is 9.75. The second kappa shape index (κ2) is 4.49. The second-order valence-electron chi connectivity index (χ2n) is 3.41. The minimum atomic E-state index is -0.190. The molecule has 3 N–H and O–H groups in total. The minimum Gasteiger partial charge on any atom is -0.398 e. The number of anilines is 2. The molecule has 0 fully saturated rings. The lowest BCUT2D eigenvalue weighted by Crippen LogP contribution is -2.13. The Balaban J connectivity index is 2.19. The monoisotopic (exact) mass is 212 g/mol. The molecule has 3 heteroatoms. The van der Waals surface area contributed by atoms with Crippen molar-refractivity contribution in [1.29, 1.82) is 0 Å². The lowest BCUT2D eigenvalue weighted by Gasteiger charge is -2.06. The highest BCUT2D eigenvalue weighted by Gasteiger charge is 2.08. The first-order chi connectivity index (χ1) is 7.77. The van der Waals surface area contributed by atoms with Crippen LogP contribution in [0, 0.1) is 0 Å². The summed E-state index contributed by atoms with van der Waals surface area (Å²) in [6.07, 6.45) is 0. The van der Waals surface area contributed by atoms with Crippen LogP contribution in [0.4, 0.5) is 11.4 Å². The van der Waals surface area contributed by atoms with Gasteiger partial charge in [0.1, 0.15) is 0 Å². The van der Waals surface area contributed by atoms with Gasteiger partial charge >= 0.3 is 0 Å². The Morgan fingerprint density at radius 1 is 0.938 bits per heavy atom. The fraction of sp³-hybridized carbons (Fsp3) is 0. The number of amides is 1. The Hall–Kier alpha value is -2.29. The first kappa shape index (κ1) is 10.2. The molecule has 2 rings (SSSR count). The number of benzene rings is 2. The fourth-order valence-corrected chi connectivity index (χ4v) is 1.42. The number of nitrogen functional groups attached to an aromatic ring is 1. The number of carbonyl (C=O) groups is 1. The molecule has 16 heavy (non-hydrogen) atoms. The van der Waals surface area contributed by atoms with Crippen LogP contribution in [0.25, 0.3) is 0 Å². The van der Waals surface area contributed by atoms with Gasteiger partial charge in [-0.25, -0.2) is 0 Å². The summed E-state index contributed by atoms with van der Waals surface area (Å²) in [4.78, 5) is 11.8. The Bertz CT molecular complexity index is 494. The van der Waals surface area contributed by atoms with Crippen molar-refractivity contribution in [3.63, 3.8) is 0 Å². The first-order valence-electron chi connectivity index (χ1n) is 4.98. The van der Waals surface area contributed by atoms with Gasteiger partial charge in [-0.2, -0.15) is 0 Å². The number of hydrogen-bond acceptors (Lipinski definition) is 2. The summed E-state index contributed by atoms with van der Waals surface area (Å²) in [5.74, 6) is -0.190. The molecular weight excluding hydrogens is 200 g/mol. The van der Waals surface area contributed by atoms with Crippen molar-refractivity contribution < 1.29 is 4.79 Å². The van der Waals surface area contributed by atoms with E-state index in [1.165, 1.54) is 0 Å². The van der Waals surface area contributed by atoms with E-state index in [1.807, 2.05) is 30.3 Å². The summed E-state index contributed by atoms with van der Waals surface area (Å²) in [5.41, 5.74) is 7.45. The van der Waals surface area contributed by atoms with E-state index in [2.05, 4.69) is 5.32 Å². The first-order valence-corrected chi connectivity index (χ1v) is 4.98. The van der Waals surface area contributed by atoms with Crippen LogP contribution in [-0.4, -0.2) is 5.91 Å². The van der Waals surface area contributed by atoms with E-state index in [0.717, 1.165) is 5.69 Å². The Kier molecular flexibility index (Phi) is 2.87. The smallest absolute Gasteiger partial charge is 0.257 e. The summed E-state index contributed by atoms with van der Waals surface area (Å²) >= 11 is 0. The van der Waals surface area contributed by atoms with E-state index in [1.54, 1.807) is 24.3 Å². The molecule has 0 aromatic heterocycles. The zero-order valence-corrected chi connectivity index (χ0v) is 8.68. The molecule has 2 aromatic rings. The summed E-state index contributed by atoms with van der Waals surface area (Å²) < 4.78 is 0. The predicted octanol–water partition coefficient (Wildman–Crippen LogP) is 2.52. The molecule has 0 aliphatic heterocycles.